The average Bonchev–Trinajstić information content (AvgIpc) is 2.54. The minimum atomic E-state index is -0.129. The molecular weight excluding hydrogens is 278 g/mol. The van der Waals surface area contributed by atoms with Gasteiger partial charge in [0.1, 0.15) is 11.6 Å². The third-order valence-corrected chi connectivity index (χ3v) is 4.72. The van der Waals surface area contributed by atoms with Crippen molar-refractivity contribution in [2.75, 3.05) is 20.2 Å². The Morgan fingerprint density at radius 3 is 2.77 bits per heavy atom. The standard InChI is InChI=1S/C17H19N3O2/c1-17(22-2)5-8-20(9-6-17)16-13(11-18)14(21)10-12-4-3-7-19-15(12)16/h3-4,7H,5-6,8-10H2,1-2H3. The van der Waals surface area contributed by atoms with Crippen molar-refractivity contribution in [1.82, 2.24) is 9.88 Å². The molecule has 2 heterocycles. The summed E-state index contributed by atoms with van der Waals surface area (Å²) in [5.41, 5.74) is 2.50. The van der Waals surface area contributed by atoms with Crippen LogP contribution in [0.4, 0.5) is 0 Å². The van der Waals surface area contributed by atoms with E-state index < -0.39 is 0 Å². The number of rotatable bonds is 2. The zero-order valence-electron chi connectivity index (χ0n) is 12.9. The molecule has 3 rings (SSSR count). The van der Waals surface area contributed by atoms with Crippen LogP contribution in [0.3, 0.4) is 0 Å². The predicted molar refractivity (Wildman–Crippen MR) is 81.7 cm³/mol. The maximum absolute atomic E-state index is 12.3. The van der Waals surface area contributed by atoms with Crippen molar-refractivity contribution in [2.24, 2.45) is 0 Å². The maximum Gasteiger partial charge on any atom is 0.180 e. The molecule has 5 heteroatoms. The van der Waals surface area contributed by atoms with Crippen molar-refractivity contribution in [2.45, 2.75) is 31.8 Å². The summed E-state index contributed by atoms with van der Waals surface area (Å²) in [6, 6.07) is 5.84. The van der Waals surface area contributed by atoms with Crippen molar-refractivity contribution in [1.29, 1.82) is 5.26 Å². The maximum atomic E-state index is 12.3. The number of pyridine rings is 1. The normalized spacial score (nSPS) is 20.6. The predicted octanol–water partition coefficient (Wildman–Crippen LogP) is 1.94. The number of fused-ring (bicyclic) bond motifs is 1. The zero-order valence-corrected chi connectivity index (χ0v) is 12.9. The van der Waals surface area contributed by atoms with Crippen molar-refractivity contribution in [3.05, 3.63) is 35.2 Å². The fourth-order valence-corrected chi connectivity index (χ4v) is 3.14. The molecule has 1 aromatic heterocycles. The van der Waals surface area contributed by atoms with Crippen LogP contribution in [-0.2, 0) is 16.0 Å². The summed E-state index contributed by atoms with van der Waals surface area (Å²) < 4.78 is 5.57. The van der Waals surface area contributed by atoms with Crippen LogP contribution in [0.2, 0.25) is 0 Å². The lowest BCUT2D eigenvalue weighted by Gasteiger charge is -2.41. The first-order valence-corrected chi connectivity index (χ1v) is 7.50. The molecule has 0 unspecified atom stereocenters. The Hall–Kier alpha value is -2.19. The van der Waals surface area contributed by atoms with Gasteiger partial charge in [-0.05, 0) is 31.4 Å². The first-order valence-electron chi connectivity index (χ1n) is 7.50. The monoisotopic (exact) mass is 297 g/mol. The van der Waals surface area contributed by atoms with Crippen molar-refractivity contribution < 1.29 is 9.53 Å². The summed E-state index contributed by atoms with van der Waals surface area (Å²) >= 11 is 0. The number of Topliss-reactive ketones (excluding diaryl/α,β-unsaturated/α-hetero) is 1. The summed E-state index contributed by atoms with van der Waals surface area (Å²) in [5, 5.41) is 9.43. The molecule has 0 saturated carbocycles. The molecule has 5 nitrogen and oxygen atoms in total. The van der Waals surface area contributed by atoms with E-state index in [1.807, 2.05) is 12.1 Å². The zero-order chi connectivity index (χ0) is 15.7. The van der Waals surface area contributed by atoms with E-state index in [2.05, 4.69) is 22.9 Å². The van der Waals surface area contributed by atoms with Crippen LogP contribution in [0.25, 0.3) is 5.70 Å². The lowest BCUT2D eigenvalue weighted by atomic mass is 9.88. The Bertz CT molecular complexity index is 679. The van der Waals surface area contributed by atoms with Gasteiger partial charge in [0.2, 0.25) is 0 Å². The molecule has 0 atom stereocenters. The summed E-state index contributed by atoms with van der Waals surface area (Å²) in [5.74, 6) is -0.113. The Balaban J connectivity index is 2.00. The number of ether oxygens (including phenoxy) is 1. The van der Waals surface area contributed by atoms with Gasteiger partial charge in [-0.2, -0.15) is 5.26 Å². The molecule has 0 spiro atoms. The van der Waals surface area contributed by atoms with Gasteiger partial charge in [-0.3, -0.25) is 9.78 Å². The summed E-state index contributed by atoms with van der Waals surface area (Å²) in [7, 11) is 1.73. The van der Waals surface area contributed by atoms with Gasteiger partial charge in [-0.15, -0.1) is 0 Å². The number of carbonyl (C=O) groups is 1. The lowest BCUT2D eigenvalue weighted by Crippen LogP contribution is -2.44. The quantitative estimate of drug-likeness (QED) is 0.834. The highest BCUT2D eigenvalue weighted by Gasteiger charge is 2.35. The van der Waals surface area contributed by atoms with Gasteiger partial charge in [0, 0.05) is 32.8 Å². The van der Waals surface area contributed by atoms with E-state index in [-0.39, 0.29) is 23.4 Å². The molecule has 1 fully saturated rings. The van der Waals surface area contributed by atoms with Crippen LogP contribution in [0.15, 0.2) is 23.9 Å². The van der Waals surface area contributed by atoms with E-state index in [4.69, 9.17) is 4.74 Å². The second-order valence-corrected chi connectivity index (χ2v) is 6.09. The fraction of sp³-hybridized carbons (Fsp3) is 0.471. The van der Waals surface area contributed by atoms with Crippen LogP contribution in [0.1, 0.15) is 31.0 Å². The number of aromatic nitrogens is 1. The molecule has 0 amide bonds. The smallest absolute Gasteiger partial charge is 0.180 e. The van der Waals surface area contributed by atoms with Crippen LogP contribution in [-0.4, -0.2) is 41.5 Å². The summed E-state index contributed by atoms with van der Waals surface area (Å²) in [4.78, 5) is 18.8. The van der Waals surface area contributed by atoms with Gasteiger partial charge < -0.3 is 9.64 Å². The van der Waals surface area contributed by atoms with Gasteiger partial charge in [-0.25, -0.2) is 0 Å². The van der Waals surface area contributed by atoms with Crippen molar-refractivity contribution in [3.63, 3.8) is 0 Å². The molecule has 114 valence electrons. The van der Waals surface area contributed by atoms with Crippen LogP contribution < -0.4 is 0 Å². The Morgan fingerprint density at radius 1 is 1.41 bits per heavy atom. The van der Waals surface area contributed by atoms with Gasteiger partial charge in [-0.1, -0.05) is 6.07 Å². The minimum absolute atomic E-state index is 0.113. The first kappa shape index (κ1) is 14.7. The van der Waals surface area contributed by atoms with E-state index >= 15 is 0 Å². The van der Waals surface area contributed by atoms with E-state index in [9.17, 15) is 10.1 Å². The molecule has 0 radical (unpaired) electrons. The van der Waals surface area contributed by atoms with Crippen LogP contribution in [0, 0.1) is 11.3 Å². The molecule has 0 aromatic carbocycles. The highest BCUT2D eigenvalue weighted by Crippen LogP contribution is 2.35. The topological polar surface area (TPSA) is 66.2 Å². The molecular formula is C17H19N3O2. The molecule has 1 saturated heterocycles. The number of likely N-dealkylation sites (tertiary alicyclic amines) is 1. The molecule has 0 bridgehead atoms. The SMILES string of the molecule is COC1(C)CCN(C2=C(C#N)C(=O)Cc3cccnc32)CC1. The largest absolute Gasteiger partial charge is 0.378 e. The average molecular weight is 297 g/mol. The molecule has 22 heavy (non-hydrogen) atoms. The highest BCUT2D eigenvalue weighted by molar-refractivity contribution is 6.09. The molecule has 0 N–H and O–H groups in total. The number of methoxy groups -OCH3 is 1. The number of nitrogens with zero attached hydrogens (tertiary/aromatic N) is 3. The number of ketones is 1. The number of carbonyl (C=O) groups excluding carboxylic acids is 1. The minimum Gasteiger partial charge on any atom is -0.378 e. The fourth-order valence-electron chi connectivity index (χ4n) is 3.14. The first-order chi connectivity index (χ1) is 10.6. The Kier molecular flexibility index (Phi) is 3.71. The van der Waals surface area contributed by atoms with E-state index in [1.165, 1.54) is 0 Å². The van der Waals surface area contributed by atoms with Gasteiger partial charge >= 0.3 is 0 Å². The van der Waals surface area contributed by atoms with Crippen LogP contribution >= 0.6 is 0 Å². The molecule has 1 aliphatic heterocycles. The third-order valence-electron chi connectivity index (χ3n) is 4.72. The number of nitriles is 1. The van der Waals surface area contributed by atoms with Crippen molar-refractivity contribution >= 4 is 11.5 Å². The second kappa shape index (κ2) is 5.54. The summed E-state index contributed by atoms with van der Waals surface area (Å²) in [6.45, 7) is 3.62. The van der Waals surface area contributed by atoms with E-state index in [1.54, 1.807) is 13.3 Å². The van der Waals surface area contributed by atoms with E-state index in [0.717, 1.165) is 37.2 Å². The highest BCUT2D eigenvalue weighted by atomic mass is 16.5. The molecule has 1 aliphatic carbocycles. The Labute approximate surface area is 130 Å². The van der Waals surface area contributed by atoms with Gasteiger partial charge in [0.25, 0.3) is 0 Å². The van der Waals surface area contributed by atoms with Crippen molar-refractivity contribution in [3.8, 4) is 6.07 Å². The van der Waals surface area contributed by atoms with Gasteiger partial charge in [0.15, 0.2) is 5.78 Å². The number of hydrogen-bond acceptors (Lipinski definition) is 5. The number of hydrogen-bond donors (Lipinski definition) is 0. The third kappa shape index (κ3) is 2.40. The van der Waals surface area contributed by atoms with Gasteiger partial charge in [0.05, 0.1) is 17.0 Å². The van der Waals surface area contributed by atoms with Crippen LogP contribution in [0.5, 0.6) is 0 Å². The number of allylic oxidation sites excluding steroid dienone is 1. The summed E-state index contributed by atoms with van der Waals surface area (Å²) in [6.07, 6.45) is 3.70. The molecule has 2 aliphatic rings. The lowest BCUT2D eigenvalue weighted by molar-refractivity contribution is -0.114. The Morgan fingerprint density at radius 2 is 2.14 bits per heavy atom. The second-order valence-electron chi connectivity index (χ2n) is 6.09. The molecule has 1 aromatic rings. The number of piperidine rings is 1. The van der Waals surface area contributed by atoms with E-state index in [0.29, 0.717) is 5.70 Å².